The number of carbonyl (C=O) groups is 1. The Labute approximate surface area is 111 Å². The Hall–Kier alpha value is -0.580. The van der Waals surface area contributed by atoms with E-state index in [1.165, 1.54) is 6.42 Å². The van der Waals surface area contributed by atoms with E-state index < -0.39 is 17.4 Å². The zero-order valence-corrected chi connectivity index (χ0v) is 10.9. The van der Waals surface area contributed by atoms with Crippen molar-refractivity contribution in [2.75, 3.05) is 13.1 Å². The lowest BCUT2D eigenvalue weighted by Crippen LogP contribution is -2.47. The van der Waals surface area contributed by atoms with Crippen molar-refractivity contribution in [1.82, 2.24) is 5.32 Å². The average molecular weight is 275 g/mol. The molecule has 0 aromatic rings. The molecule has 0 amide bonds. The molecule has 1 N–H and O–H groups in total. The predicted octanol–water partition coefficient (Wildman–Crippen LogP) is 2.92. The van der Waals surface area contributed by atoms with Crippen LogP contribution in [0.5, 0.6) is 0 Å². The van der Waals surface area contributed by atoms with E-state index >= 15 is 0 Å². The molecule has 19 heavy (non-hydrogen) atoms. The van der Waals surface area contributed by atoms with Gasteiger partial charge in [0, 0.05) is 13.0 Å². The molecule has 2 saturated carbocycles. The molecule has 0 aromatic heterocycles. The standard InChI is InChI=1S/C14H20F3NO/c15-14(16,17)13(3-4-18-8-13)12(19)7-11-6-9-1-2-10(11)5-9/h9-11,18H,1-8H2. The maximum absolute atomic E-state index is 13.3. The lowest BCUT2D eigenvalue weighted by molar-refractivity contribution is -0.215. The minimum Gasteiger partial charge on any atom is -0.315 e. The van der Waals surface area contributed by atoms with Crippen molar-refractivity contribution in [3.63, 3.8) is 0 Å². The Morgan fingerprint density at radius 1 is 1.26 bits per heavy atom. The van der Waals surface area contributed by atoms with Gasteiger partial charge < -0.3 is 5.32 Å². The zero-order chi connectivity index (χ0) is 13.7. The van der Waals surface area contributed by atoms with Crippen molar-refractivity contribution in [2.24, 2.45) is 23.2 Å². The van der Waals surface area contributed by atoms with Crippen LogP contribution in [0.2, 0.25) is 0 Å². The molecule has 4 atom stereocenters. The predicted molar refractivity (Wildman–Crippen MR) is 64.5 cm³/mol. The molecule has 108 valence electrons. The lowest BCUT2D eigenvalue weighted by atomic mass is 9.75. The summed E-state index contributed by atoms with van der Waals surface area (Å²) in [7, 11) is 0. The van der Waals surface area contributed by atoms with Crippen LogP contribution in [0.15, 0.2) is 0 Å². The highest BCUT2D eigenvalue weighted by atomic mass is 19.4. The van der Waals surface area contributed by atoms with E-state index in [1.54, 1.807) is 0 Å². The van der Waals surface area contributed by atoms with Crippen molar-refractivity contribution in [3.8, 4) is 0 Å². The highest BCUT2D eigenvalue weighted by molar-refractivity contribution is 5.86. The van der Waals surface area contributed by atoms with E-state index in [2.05, 4.69) is 5.32 Å². The molecule has 2 aliphatic carbocycles. The molecule has 1 aliphatic heterocycles. The first-order valence-corrected chi connectivity index (χ1v) is 7.23. The minimum atomic E-state index is -4.41. The summed E-state index contributed by atoms with van der Waals surface area (Å²) >= 11 is 0. The SMILES string of the molecule is O=C(CC1CC2CCC1C2)C1(C(F)(F)F)CCNC1. The van der Waals surface area contributed by atoms with Gasteiger partial charge in [-0.1, -0.05) is 6.42 Å². The largest absolute Gasteiger partial charge is 0.402 e. The van der Waals surface area contributed by atoms with E-state index in [0.717, 1.165) is 19.3 Å². The summed E-state index contributed by atoms with van der Waals surface area (Å²) in [4.78, 5) is 12.3. The van der Waals surface area contributed by atoms with Crippen molar-refractivity contribution < 1.29 is 18.0 Å². The van der Waals surface area contributed by atoms with Crippen molar-refractivity contribution in [3.05, 3.63) is 0 Å². The fourth-order valence-corrected chi connectivity index (χ4v) is 4.39. The number of nitrogens with one attached hydrogen (secondary N) is 1. The first-order chi connectivity index (χ1) is 8.92. The normalized spacial score (nSPS) is 41.9. The van der Waals surface area contributed by atoms with E-state index in [1.807, 2.05) is 0 Å². The molecular weight excluding hydrogens is 255 g/mol. The van der Waals surface area contributed by atoms with Gasteiger partial charge in [0.05, 0.1) is 0 Å². The van der Waals surface area contributed by atoms with Crippen molar-refractivity contribution >= 4 is 5.78 Å². The van der Waals surface area contributed by atoms with Gasteiger partial charge in [-0.25, -0.2) is 0 Å². The van der Waals surface area contributed by atoms with Gasteiger partial charge in [-0.15, -0.1) is 0 Å². The quantitative estimate of drug-likeness (QED) is 0.858. The minimum absolute atomic E-state index is 0.0872. The van der Waals surface area contributed by atoms with Gasteiger partial charge in [0.25, 0.3) is 0 Å². The third-order valence-corrected chi connectivity index (χ3v) is 5.56. The molecule has 3 fully saturated rings. The summed E-state index contributed by atoms with van der Waals surface area (Å²) in [5.74, 6) is 0.827. The third kappa shape index (κ3) is 2.10. The molecule has 4 unspecified atom stereocenters. The maximum Gasteiger partial charge on any atom is 0.402 e. The summed E-state index contributed by atoms with van der Waals surface area (Å²) < 4.78 is 39.8. The second-order valence-electron chi connectivity index (χ2n) is 6.57. The topological polar surface area (TPSA) is 29.1 Å². The molecule has 0 spiro atoms. The Kier molecular flexibility index (Phi) is 3.15. The zero-order valence-electron chi connectivity index (χ0n) is 10.9. The van der Waals surface area contributed by atoms with Gasteiger partial charge in [-0.2, -0.15) is 13.2 Å². The molecule has 1 saturated heterocycles. The van der Waals surface area contributed by atoms with Gasteiger partial charge in [0.2, 0.25) is 0 Å². The first kappa shape index (κ1) is 13.4. The van der Waals surface area contributed by atoms with Crippen LogP contribution in [0.1, 0.15) is 38.5 Å². The number of Topliss-reactive ketones (excluding diaryl/α,β-unsaturated/α-hetero) is 1. The first-order valence-electron chi connectivity index (χ1n) is 7.23. The number of alkyl halides is 3. The van der Waals surface area contributed by atoms with Gasteiger partial charge in [-0.3, -0.25) is 4.79 Å². The fraction of sp³-hybridized carbons (Fsp3) is 0.929. The van der Waals surface area contributed by atoms with Crippen LogP contribution < -0.4 is 5.32 Å². The van der Waals surface area contributed by atoms with E-state index in [0.29, 0.717) is 18.4 Å². The number of fused-ring (bicyclic) bond motifs is 2. The van der Waals surface area contributed by atoms with Crippen molar-refractivity contribution in [2.45, 2.75) is 44.7 Å². The number of ketones is 1. The number of hydrogen-bond acceptors (Lipinski definition) is 2. The van der Waals surface area contributed by atoms with Crippen LogP contribution in [-0.4, -0.2) is 25.0 Å². The lowest BCUT2D eigenvalue weighted by Gasteiger charge is -2.31. The maximum atomic E-state index is 13.3. The van der Waals surface area contributed by atoms with E-state index in [9.17, 15) is 18.0 Å². The van der Waals surface area contributed by atoms with Crippen LogP contribution in [0, 0.1) is 23.2 Å². The fourth-order valence-electron chi connectivity index (χ4n) is 4.39. The number of carbonyl (C=O) groups excluding carboxylic acids is 1. The molecule has 2 nitrogen and oxygen atoms in total. The molecule has 3 aliphatic rings. The molecule has 3 rings (SSSR count). The van der Waals surface area contributed by atoms with Crippen LogP contribution >= 0.6 is 0 Å². The molecule has 0 radical (unpaired) electrons. The molecular formula is C14H20F3NO. The van der Waals surface area contributed by atoms with Crippen molar-refractivity contribution in [1.29, 1.82) is 0 Å². The molecule has 0 aromatic carbocycles. The summed E-state index contributed by atoms with van der Waals surface area (Å²) in [6, 6.07) is 0. The average Bonchev–Trinajstić information content (AvgIpc) is 3.04. The Bertz CT molecular complexity index is 373. The highest BCUT2D eigenvalue weighted by Crippen LogP contribution is 2.52. The molecule has 2 bridgehead atoms. The summed E-state index contributed by atoms with van der Waals surface area (Å²) in [6.45, 7) is 0.0676. The summed E-state index contributed by atoms with van der Waals surface area (Å²) in [5.41, 5.74) is -2.10. The van der Waals surface area contributed by atoms with Crippen LogP contribution in [-0.2, 0) is 4.79 Å². The second-order valence-corrected chi connectivity index (χ2v) is 6.57. The van der Waals surface area contributed by atoms with Gasteiger partial charge >= 0.3 is 6.18 Å². The van der Waals surface area contributed by atoms with Crippen LogP contribution in [0.3, 0.4) is 0 Å². The third-order valence-electron chi connectivity index (χ3n) is 5.56. The number of hydrogen-bond donors (Lipinski definition) is 1. The van der Waals surface area contributed by atoms with E-state index in [4.69, 9.17) is 0 Å². The highest BCUT2D eigenvalue weighted by Gasteiger charge is 2.61. The van der Waals surface area contributed by atoms with Crippen LogP contribution in [0.25, 0.3) is 0 Å². The van der Waals surface area contributed by atoms with Crippen LogP contribution in [0.4, 0.5) is 13.2 Å². The molecule has 5 heteroatoms. The Morgan fingerprint density at radius 3 is 2.53 bits per heavy atom. The second kappa shape index (κ2) is 4.47. The number of halogens is 3. The van der Waals surface area contributed by atoms with Gasteiger partial charge in [0.15, 0.2) is 0 Å². The monoisotopic (exact) mass is 275 g/mol. The van der Waals surface area contributed by atoms with Gasteiger partial charge in [0.1, 0.15) is 11.2 Å². The molecule has 1 heterocycles. The smallest absolute Gasteiger partial charge is 0.315 e. The summed E-state index contributed by atoms with van der Waals surface area (Å²) in [6.07, 6.45) is 0.0674. The van der Waals surface area contributed by atoms with Gasteiger partial charge in [-0.05, 0) is 50.0 Å². The Balaban J connectivity index is 1.71. The van der Waals surface area contributed by atoms with E-state index in [-0.39, 0.29) is 25.3 Å². The number of rotatable bonds is 3. The summed E-state index contributed by atoms with van der Waals surface area (Å²) in [5, 5.41) is 2.72. The Morgan fingerprint density at radius 2 is 2.05 bits per heavy atom.